The van der Waals surface area contributed by atoms with Crippen molar-refractivity contribution in [3.63, 3.8) is 0 Å². The fourth-order valence-corrected chi connectivity index (χ4v) is 3.00. The number of rotatable bonds is 2. The van der Waals surface area contributed by atoms with Crippen LogP contribution in [0.5, 0.6) is 0 Å². The molecule has 0 aliphatic heterocycles. The topological polar surface area (TPSA) is 52.6 Å². The maximum atomic E-state index is 9.50. The summed E-state index contributed by atoms with van der Waals surface area (Å²) in [4.78, 5) is 0. The average Bonchev–Trinajstić information content (AvgIpc) is 2.62. The second-order valence-corrected chi connectivity index (χ2v) is 6.76. The molecule has 2 N–H and O–H groups in total. The lowest BCUT2D eigenvalue weighted by atomic mass is 9.84. The first-order valence-corrected chi connectivity index (χ1v) is 8.10. The second-order valence-electron chi connectivity index (χ2n) is 6.76. The Hall–Kier alpha value is -2.75. The van der Waals surface area contributed by atoms with Crippen molar-refractivity contribution in [2.24, 2.45) is 0 Å². The summed E-state index contributed by atoms with van der Waals surface area (Å²) in [6.07, 6.45) is 1.23. The van der Waals surface area contributed by atoms with Gasteiger partial charge in [0.1, 0.15) is 5.49 Å². The zero-order chi connectivity index (χ0) is 18.6. The minimum Gasteiger partial charge on any atom is -0.291 e. The van der Waals surface area contributed by atoms with Crippen molar-refractivity contribution in [2.75, 3.05) is 7.18 Å². The summed E-state index contributed by atoms with van der Waals surface area (Å²) in [5.41, 5.74) is 3.32. The van der Waals surface area contributed by atoms with Crippen LogP contribution in [-0.4, -0.2) is 18.1 Å². The zero-order valence-electron chi connectivity index (χ0n) is 15.1. The number of nitrogens with zero attached hydrogens (tertiary/aromatic N) is 1. The van der Waals surface area contributed by atoms with Gasteiger partial charge in [-0.1, -0.05) is 69.3 Å². The van der Waals surface area contributed by atoms with E-state index in [0.29, 0.717) is 12.7 Å². The van der Waals surface area contributed by atoms with Crippen molar-refractivity contribution in [1.82, 2.24) is 4.57 Å². The number of hydrogen-bond donors (Lipinski definition) is 2. The summed E-state index contributed by atoms with van der Waals surface area (Å²) in [5.74, 6) is 0. The van der Waals surface area contributed by atoms with Crippen molar-refractivity contribution in [3.8, 4) is 11.3 Å². The van der Waals surface area contributed by atoms with Gasteiger partial charge in [0.2, 0.25) is 0 Å². The van der Waals surface area contributed by atoms with Gasteiger partial charge in [0.15, 0.2) is 0 Å². The normalized spacial score (nSPS) is 10.9. The summed E-state index contributed by atoms with van der Waals surface area (Å²) in [6, 6.07) is 18.2. The van der Waals surface area contributed by atoms with Crippen molar-refractivity contribution in [1.29, 1.82) is 10.8 Å². The van der Waals surface area contributed by atoms with Crippen molar-refractivity contribution < 1.29 is 4.39 Å². The van der Waals surface area contributed by atoms with Gasteiger partial charge in [-0.25, -0.2) is 0 Å². The Morgan fingerprint density at radius 3 is 2.16 bits per heavy atom. The molecule has 130 valence electrons. The van der Waals surface area contributed by atoms with Crippen LogP contribution in [0.15, 0.2) is 54.6 Å². The molecule has 0 aliphatic carbocycles. The predicted octanol–water partition coefficient (Wildman–Crippen LogP) is 5.13. The van der Waals surface area contributed by atoms with E-state index in [0.717, 1.165) is 27.6 Å². The van der Waals surface area contributed by atoms with Gasteiger partial charge in [-0.3, -0.25) is 19.8 Å². The lowest BCUT2D eigenvalue weighted by Gasteiger charge is -2.22. The van der Waals surface area contributed by atoms with Gasteiger partial charge in [0.05, 0.1) is 19.2 Å². The molecule has 0 saturated carbocycles. The number of halogens is 1. The molecule has 4 heteroatoms. The number of aromatic nitrogens is 1. The fourth-order valence-electron chi connectivity index (χ4n) is 3.00. The molecule has 1 aromatic heterocycles. The van der Waals surface area contributed by atoms with E-state index in [-0.39, 0.29) is 5.41 Å². The highest BCUT2D eigenvalue weighted by Gasteiger charge is 2.19. The van der Waals surface area contributed by atoms with Gasteiger partial charge in [-0.15, -0.1) is 0 Å². The highest BCUT2D eigenvalue weighted by molar-refractivity contribution is 5.90. The number of benzene rings is 2. The first-order valence-electron chi connectivity index (χ1n) is 8.10. The van der Waals surface area contributed by atoms with E-state index < -0.39 is 0 Å². The van der Waals surface area contributed by atoms with Gasteiger partial charge in [0.25, 0.3) is 0 Å². The lowest BCUT2D eigenvalue weighted by Crippen LogP contribution is -2.25. The van der Waals surface area contributed by atoms with Crippen LogP contribution in [0.2, 0.25) is 0 Å². The minimum atomic E-state index is -0.0522. The Morgan fingerprint density at radius 2 is 1.60 bits per heavy atom. The Bertz CT molecular complexity index is 935. The molecule has 0 unspecified atom stereocenters. The molecule has 3 rings (SSSR count). The molecule has 0 bridgehead atoms. The molecule has 0 atom stereocenters. The van der Waals surface area contributed by atoms with Crippen LogP contribution < -0.4 is 5.49 Å². The van der Waals surface area contributed by atoms with E-state index in [2.05, 4.69) is 32.9 Å². The largest absolute Gasteiger partial charge is 0.291 e. The van der Waals surface area contributed by atoms with E-state index in [1.165, 1.54) is 6.34 Å². The quantitative estimate of drug-likeness (QED) is 0.481. The molecule has 3 aromatic rings. The van der Waals surface area contributed by atoms with Crippen LogP contribution in [0.4, 0.5) is 4.39 Å². The first kappa shape index (κ1) is 18.6. The first-order chi connectivity index (χ1) is 11.9. The van der Waals surface area contributed by atoms with Crippen LogP contribution in [0, 0.1) is 10.8 Å². The third-order valence-corrected chi connectivity index (χ3v) is 4.13. The zero-order valence-corrected chi connectivity index (χ0v) is 15.1. The molecule has 0 radical (unpaired) electrons. The molecule has 0 amide bonds. The second kappa shape index (κ2) is 7.43. The van der Waals surface area contributed by atoms with Crippen LogP contribution in [0.3, 0.4) is 0 Å². The van der Waals surface area contributed by atoms with Crippen molar-refractivity contribution in [3.05, 3.63) is 65.6 Å². The van der Waals surface area contributed by atoms with Gasteiger partial charge in [0, 0.05) is 5.39 Å². The van der Waals surface area contributed by atoms with Crippen LogP contribution in [-0.2, 0) is 5.41 Å². The number of pyridine rings is 1. The lowest BCUT2D eigenvalue weighted by molar-refractivity contribution is 0.595. The van der Waals surface area contributed by atoms with E-state index in [4.69, 9.17) is 10.8 Å². The SMILES string of the molecule is CC(C)(C)c1cccc2cc(-c3ccccc3)n(C=N)c(=N)c12.CF. The van der Waals surface area contributed by atoms with Crippen molar-refractivity contribution in [2.45, 2.75) is 26.2 Å². The maximum Gasteiger partial charge on any atom is 0.138 e. The predicted molar refractivity (Wildman–Crippen MR) is 103 cm³/mol. The van der Waals surface area contributed by atoms with Crippen LogP contribution >= 0.6 is 0 Å². The molecule has 0 saturated heterocycles. The van der Waals surface area contributed by atoms with E-state index in [1.807, 2.05) is 42.5 Å². The number of nitrogens with one attached hydrogen (secondary N) is 2. The van der Waals surface area contributed by atoms with Gasteiger partial charge in [-0.05, 0) is 28.0 Å². The Kier molecular flexibility index (Phi) is 5.52. The van der Waals surface area contributed by atoms with Gasteiger partial charge in [-0.2, -0.15) is 0 Å². The monoisotopic (exact) mass is 337 g/mol. The summed E-state index contributed by atoms with van der Waals surface area (Å²) in [6.45, 7) is 6.46. The van der Waals surface area contributed by atoms with E-state index >= 15 is 0 Å². The molecular formula is C21H24FN3. The highest BCUT2D eigenvalue weighted by atomic mass is 19.1. The number of hydrogen-bond acceptors (Lipinski definition) is 2. The van der Waals surface area contributed by atoms with Gasteiger partial charge >= 0.3 is 0 Å². The van der Waals surface area contributed by atoms with Crippen LogP contribution in [0.1, 0.15) is 26.3 Å². The molecule has 1 heterocycles. The molecular weight excluding hydrogens is 313 g/mol. The Labute approximate surface area is 147 Å². The summed E-state index contributed by atoms with van der Waals surface area (Å²) < 4.78 is 11.1. The van der Waals surface area contributed by atoms with E-state index in [1.54, 1.807) is 4.57 Å². The number of alkyl halides is 1. The summed E-state index contributed by atoms with van der Waals surface area (Å²) >= 11 is 0. The van der Waals surface area contributed by atoms with E-state index in [9.17, 15) is 4.39 Å². The highest BCUT2D eigenvalue weighted by Crippen LogP contribution is 2.30. The minimum absolute atomic E-state index is 0.0522. The fraction of sp³-hybridized carbons (Fsp3) is 0.238. The van der Waals surface area contributed by atoms with Crippen LogP contribution in [0.25, 0.3) is 22.0 Å². The number of fused-ring (bicyclic) bond motifs is 1. The standard InChI is InChI=1S/C20H21N3.CH3F/c1-20(2,3)16-11-7-10-15-12-17(14-8-5-4-6-9-14)23(13-21)19(22)18(15)16;1-2/h4-13,21-22H,1-3H3;1H3. The Balaban J connectivity index is 0.00000109. The average molecular weight is 337 g/mol. The molecule has 0 aliphatic rings. The van der Waals surface area contributed by atoms with Gasteiger partial charge < -0.3 is 0 Å². The maximum absolute atomic E-state index is 9.50. The van der Waals surface area contributed by atoms with Crippen molar-refractivity contribution >= 4 is 17.1 Å². The molecule has 0 spiro atoms. The molecule has 25 heavy (non-hydrogen) atoms. The summed E-state index contributed by atoms with van der Waals surface area (Å²) in [7, 11) is 0.500. The third kappa shape index (κ3) is 3.53. The molecule has 2 aromatic carbocycles. The molecule has 0 fully saturated rings. The smallest absolute Gasteiger partial charge is 0.138 e. The third-order valence-electron chi connectivity index (χ3n) is 4.13. The molecule has 3 nitrogen and oxygen atoms in total. The summed E-state index contributed by atoms with van der Waals surface area (Å²) in [5, 5.41) is 18.4. The Morgan fingerprint density at radius 1 is 0.960 bits per heavy atom.